The molecule has 1 aliphatic rings. The van der Waals surface area contributed by atoms with Gasteiger partial charge in [0, 0.05) is 16.7 Å². The molecule has 0 N–H and O–H groups in total. The van der Waals surface area contributed by atoms with Crippen molar-refractivity contribution in [1.82, 2.24) is 4.90 Å². The highest BCUT2D eigenvalue weighted by molar-refractivity contribution is 9.10. The number of benzene rings is 2. The normalized spacial score (nSPS) is 17.7. The molecule has 0 radical (unpaired) electrons. The number of hydrogen-bond donors (Lipinski definition) is 0. The largest absolute Gasteiger partial charge is 0.332 e. The maximum Gasteiger partial charge on any atom is 0.332 e. The van der Waals surface area contributed by atoms with Crippen molar-refractivity contribution in [3.8, 4) is 0 Å². The van der Waals surface area contributed by atoms with Gasteiger partial charge in [0.2, 0.25) is 0 Å². The van der Waals surface area contributed by atoms with E-state index >= 15 is 0 Å². The van der Waals surface area contributed by atoms with Gasteiger partial charge in [-0.1, -0.05) is 33.6 Å². The fourth-order valence-electron chi connectivity index (χ4n) is 2.94. The van der Waals surface area contributed by atoms with Gasteiger partial charge in [0.15, 0.2) is 9.84 Å². The van der Waals surface area contributed by atoms with Crippen LogP contribution in [0.15, 0.2) is 57.9 Å². The van der Waals surface area contributed by atoms with E-state index in [9.17, 15) is 18.0 Å². The van der Waals surface area contributed by atoms with Crippen LogP contribution in [0.2, 0.25) is 0 Å². The van der Waals surface area contributed by atoms with Gasteiger partial charge in [-0.2, -0.15) is 0 Å². The van der Waals surface area contributed by atoms with E-state index in [0.717, 1.165) is 14.9 Å². The minimum atomic E-state index is -3.60. The number of carbonyl (C=O) groups is 2. The third-order valence-corrected chi connectivity index (χ3v) is 6.76. The summed E-state index contributed by atoms with van der Waals surface area (Å²) >= 11 is 3.26. The Balaban J connectivity index is 1.77. The van der Waals surface area contributed by atoms with Crippen LogP contribution >= 0.6 is 15.9 Å². The van der Waals surface area contributed by atoms with E-state index in [1.165, 1.54) is 17.0 Å². The number of amides is 3. The number of nitrogens with zero attached hydrogens (tertiary/aromatic N) is 2. The molecule has 2 aromatic rings. The van der Waals surface area contributed by atoms with Gasteiger partial charge < -0.3 is 0 Å². The van der Waals surface area contributed by atoms with Crippen LogP contribution in [0.5, 0.6) is 0 Å². The highest BCUT2D eigenvalue weighted by atomic mass is 79.9. The zero-order chi connectivity index (χ0) is 19.8. The number of aryl methyl sites for hydroxylation is 1. The predicted molar refractivity (Wildman–Crippen MR) is 106 cm³/mol. The molecule has 8 heteroatoms. The molecule has 0 bridgehead atoms. The zero-order valence-electron chi connectivity index (χ0n) is 14.9. The van der Waals surface area contributed by atoms with Crippen LogP contribution < -0.4 is 4.90 Å². The van der Waals surface area contributed by atoms with Gasteiger partial charge in [0.05, 0.1) is 10.6 Å². The standard InChI is InChI=1S/C19H19BrN2O4S/c1-13-3-7-16(8-4-13)22-14(2)18(23)21(19(22)24)11-12-27(25,26)17-9-5-15(20)6-10-17/h3-10,14H,11-12H2,1-2H3/t14-/m0/s1. The van der Waals surface area contributed by atoms with Gasteiger partial charge >= 0.3 is 6.03 Å². The van der Waals surface area contributed by atoms with E-state index in [0.29, 0.717) is 5.69 Å². The maximum atomic E-state index is 12.7. The number of halogens is 1. The van der Waals surface area contributed by atoms with E-state index in [1.807, 2.05) is 19.1 Å². The lowest BCUT2D eigenvalue weighted by Crippen LogP contribution is -2.36. The molecule has 1 atom stereocenters. The Morgan fingerprint density at radius 1 is 1.00 bits per heavy atom. The minimum absolute atomic E-state index is 0.160. The summed E-state index contributed by atoms with van der Waals surface area (Å²) in [4.78, 5) is 27.8. The molecule has 0 saturated carbocycles. The lowest BCUT2D eigenvalue weighted by Gasteiger charge is -2.19. The van der Waals surface area contributed by atoms with Crippen LogP contribution in [0.1, 0.15) is 12.5 Å². The molecule has 0 aliphatic carbocycles. The number of urea groups is 1. The van der Waals surface area contributed by atoms with E-state index < -0.39 is 27.8 Å². The molecule has 0 spiro atoms. The fraction of sp³-hybridized carbons (Fsp3) is 0.263. The SMILES string of the molecule is Cc1ccc(N2C(=O)N(CCS(=O)(=O)c3ccc(Br)cc3)C(=O)[C@@H]2C)cc1. The van der Waals surface area contributed by atoms with E-state index in [-0.39, 0.29) is 17.2 Å². The number of anilines is 1. The first-order valence-corrected chi connectivity index (χ1v) is 10.8. The van der Waals surface area contributed by atoms with Gasteiger partial charge in [0.25, 0.3) is 5.91 Å². The Kier molecular flexibility index (Phi) is 5.39. The van der Waals surface area contributed by atoms with Gasteiger partial charge in [-0.05, 0) is 50.2 Å². The lowest BCUT2D eigenvalue weighted by atomic mass is 10.2. The molecule has 142 valence electrons. The van der Waals surface area contributed by atoms with Crippen LogP contribution in [0.4, 0.5) is 10.5 Å². The Bertz CT molecular complexity index is 972. The van der Waals surface area contributed by atoms with Crippen molar-refractivity contribution in [3.63, 3.8) is 0 Å². The molecule has 0 unspecified atom stereocenters. The van der Waals surface area contributed by atoms with Crippen molar-refractivity contribution >= 4 is 43.4 Å². The summed E-state index contributed by atoms with van der Waals surface area (Å²) in [6.07, 6.45) is 0. The summed E-state index contributed by atoms with van der Waals surface area (Å²) in [6, 6.07) is 12.4. The van der Waals surface area contributed by atoms with Crippen LogP contribution in [0.3, 0.4) is 0 Å². The molecule has 1 heterocycles. The lowest BCUT2D eigenvalue weighted by molar-refractivity contribution is -0.126. The fourth-order valence-corrected chi connectivity index (χ4v) is 4.42. The zero-order valence-corrected chi connectivity index (χ0v) is 17.3. The molecule has 3 rings (SSSR count). The predicted octanol–water partition coefficient (Wildman–Crippen LogP) is 3.39. The van der Waals surface area contributed by atoms with Crippen LogP contribution in [-0.4, -0.2) is 43.6 Å². The average Bonchev–Trinajstić information content (AvgIpc) is 2.84. The van der Waals surface area contributed by atoms with E-state index in [4.69, 9.17) is 0 Å². The summed E-state index contributed by atoms with van der Waals surface area (Å²) in [6.45, 7) is 3.40. The molecule has 1 saturated heterocycles. The highest BCUT2D eigenvalue weighted by Gasteiger charge is 2.43. The molecular weight excluding hydrogens is 432 g/mol. The molecule has 2 aromatic carbocycles. The Hall–Kier alpha value is -2.19. The Labute approximate surface area is 166 Å². The summed E-state index contributed by atoms with van der Waals surface area (Å²) in [7, 11) is -3.60. The monoisotopic (exact) mass is 450 g/mol. The Morgan fingerprint density at radius 2 is 1.59 bits per heavy atom. The van der Waals surface area contributed by atoms with Crippen molar-refractivity contribution in [2.75, 3.05) is 17.2 Å². The number of sulfone groups is 1. The third kappa shape index (κ3) is 3.91. The van der Waals surface area contributed by atoms with Crippen molar-refractivity contribution < 1.29 is 18.0 Å². The second-order valence-corrected chi connectivity index (χ2v) is 9.45. The van der Waals surface area contributed by atoms with Gasteiger partial charge in [-0.3, -0.25) is 14.6 Å². The number of rotatable bonds is 5. The smallest absolute Gasteiger partial charge is 0.282 e. The molecule has 0 aromatic heterocycles. The first-order valence-electron chi connectivity index (χ1n) is 8.40. The first kappa shape index (κ1) is 19.6. The topological polar surface area (TPSA) is 74.8 Å². The van der Waals surface area contributed by atoms with Crippen molar-refractivity contribution in [2.24, 2.45) is 0 Å². The molecule has 3 amide bonds. The molecule has 1 aliphatic heterocycles. The molecule has 27 heavy (non-hydrogen) atoms. The Morgan fingerprint density at radius 3 is 2.19 bits per heavy atom. The summed E-state index contributed by atoms with van der Waals surface area (Å²) in [5.74, 6) is -0.716. The number of carbonyl (C=O) groups excluding carboxylic acids is 2. The highest BCUT2D eigenvalue weighted by Crippen LogP contribution is 2.26. The van der Waals surface area contributed by atoms with Crippen LogP contribution in [0.25, 0.3) is 0 Å². The summed E-state index contributed by atoms with van der Waals surface area (Å²) < 4.78 is 25.8. The summed E-state index contributed by atoms with van der Waals surface area (Å²) in [5, 5.41) is 0. The number of imide groups is 1. The van der Waals surface area contributed by atoms with E-state index in [2.05, 4.69) is 15.9 Å². The van der Waals surface area contributed by atoms with Crippen molar-refractivity contribution in [1.29, 1.82) is 0 Å². The molecule has 1 fully saturated rings. The maximum absolute atomic E-state index is 12.7. The van der Waals surface area contributed by atoms with Crippen molar-refractivity contribution in [3.05, 3.63) is 58.6 Å². The quantitative estimate of drug-likeness (QED) is 0.654. The summed E-state index contributed by atoms with van der Waals surface area (Å²) in [5.41, 5.74) is 1.66. The van der Waals surface area contributed by atoms with Gasteiger partial charge in [-0.25, -0.2) is 13.2 Å². The average molecular weight is 451 g/mol. The minimum Gasteiger partial charge on any atom is -0.282 e. The van der Waals surface area contributed by atoms with Gasteiger partial charge in [0.1, 0.15) is 6.04 Å². The second-order valence-electron chi connectivity index (χ2n) is 6.43. The molecule has 6 nitrogen and oxygen atoms in total. The third-order valence-electron chi connectivity index (χ3n) is 4.52. The number of hydrogen-bond acceptors (Lipinski definition) is 4. The van der Waals surface area contributed by atoms with Gasteiger partial charge in [-0.15, -0.1) is 0 Å². The molecular formula is C19H19BrN2O4S. The first-order chi connectivity index (χ1) is 12.7. The second kappa shape index (κ2) is 7.44. The van der Waals surface area contributed by atoms with Crippen molar-refractivity contribution in [2.45, 2.75) is 24.8 Å². The van der Waals surface area contributed by atoms with E-state index in [1.54, 1.807) is 31.2 Å². The van der Waals surface area contributed by atoms with Crippen LogP contribution in [0, 0.1) is 6.92 Å². The van der Waals surface area contributed by atoms with Crippen LogP contribution in [-0.2, 0) is 14.6 Å².